The molecule has 0 atom stereocenters. The molecule has 1 N–H and O–H groups in total. The zero-order valence-corrected chi connectivity index (χ0v) is 9.22. The van der Waals surface area contributed by atoms with E-state index in [1.54, 1.807) is 10.9 Å². The topological polar surface area (TPSA) is 58.9 Å². The van der Waals surface area contributed by atoms with Gasteiger partial charge in [-0.1, -0.05) is 0 Å². The third-order valence-electron chi connectivity index (χ3n) is 2.89. The second-order valence-electron chi connectivity index (χ2n) is 3.95. The van der Waals surface area contributed by atoms with Gasteiger partial charge in [-0.2, -0.15) is 5.10 Å². The van der Waals surface area contributed by atoms with Crippen molar-refractivity contribution in [2.75, 3.05) is 31.1 Å². The average molecular weight is 218 g/mol. The highest BCUT2D eigenvalue weighted by molar-refractivity contribution is 5.74. The lowest BCUT2D eigenvalue weighted by Gasteiger charge is -2.27. The van der Waals surface area contributed by atoms with Crippen LogP contribution in [-0.2, 0) is 7.05 Å². The summed E-state index contributed by atoms with van der Waals surface area (Å²) in [5, 5.41) is 7.48. The molecule has 3 rings (SSSR count). The van der Waals surface area contributed by atoms with Crippen LogP contribution in [0.5, 0.6) is 0 Å². The van der Waals surface area contributed by atoms with Crippen LogP contribution in [-0.4, -0.2) is 45.9 Å². The van der Waals surface area contributed by atoms with E-state index in [4.69, 9.17) is 0 Å². The molecular formula is C10H14N6. The number of anilines is 1. The quantitative estimate of drug-likeness (QED) is 0.716. The van der Waals surface area contributed by atoms with E-state index >= 15 is 0 Å². The fourth-order valence-corrected chi connectivity index (χ4v) is 1.94. The largest absolute Gasteiger partial charge is 0.338 e. The fourth-order valence-electron chi connectivity index (χ4n) is 1.94. The van der Waals surface area contributed by atoms with Gasteiger partial charge in [-0.15, -0.1) is 0 Å². The Hall–Kier alpha value is -1.69. The van der Waals surface area contributed by atoms with Crippen LogP contribution in [0.15, 0.2) is 12.4 Å². The molecule has 0 bridgehead atoms. The molecule has 1 aliphatic rings. The van der Waals surface area contributed by atoms with Crippen molar-refractivity contribution in [3.63, 3.8) is 0 Å². The summed E-state index contributed by atoms with van der Waals surface area (Å²) in [5.74, 6) is 0.807. The predicted octanol–water partition coefficient (Wildman–Crippen LogP) is -0.227. The minimum atomic E-state index is 0.807. The van der Waals surface area contributed by atoms with Crippen molar-refractivity contribution in [2.24, 2.45) is 7.05 Å². The van der Waals surface area contributed by atoms with Crippen molar-refractivity contribution in [3.05, 3.63) is 12.4 Å². The second-order valence-corrected chi connectivity index (χ2v) is 3.95. The van der Waals surface area contributed by atoms with Gasteiger partial charge in [0.2, 0.25) is 5.95 Å². The number of fused-ring (bicyclic) bond motifs is 1. The molecule has 0 unspecified atom stereocenters. The Labute approximate surface area is 93.3 Å². The Balaban J connectivity index is 1.97. The Morgan fingerprint density at radius 1 is 1.25 bits per heavy atom. The maximum Gasteiger partial charge on any atom is 0.226 e. The zero-order chi connectivity index (χ0) is 11.0. The molecular weight excluding hydrogens is 204 g/mol. The molecule has 1 saturated heterocycles. The summed E-state index contributed by atoms with van der Waals surface area (Å²) >= 11 is 0. The van der Waals surface area contributed by atoms with Crippen LogP contribution in [0.2, 0.25) is 0 Å². The molecule has 0 amide bonds. The highest BCUT2D eigenvalue weighted by Crippen LogP contribution is 2.14. The van der Waals surface area contributed by atoms with Gasteiger partial charge in [-0.05, 0) is 0 Å². The number of rotatable bonds is 1. The van der Waals surface area contributed by atoms with Gasteiger partial charge in [0, 0.05) is 33.2 Å². The molecule has 0 spiro atoms. The molecule has 2 aromatic rings. The van der Waals surface area contributed by atoms with Crippen LogP contribution in [0, 0.1) is 0 Å². The number of piperazine rings is 1. The third kappa shape index (κ3) is 1.51. The van der Waals surface area contributed by atoms with Crippen LogP contribution >= 0.6 is 0 Å². The molecule has 3 heterocycles. The van der Waals surface area contributed by atoms with E-state index in [1.807, 2.05) is 13.2 Å². The van der Waals surface area contributed by atoms with Gasteiger partial charge in [0.25, 0.3) is 0 Å². The number of aryl methyl sites for hydroxylation is 1. The summed E-state index contributed by atoms with van der Waals surface area (Å²) in [6.45, 7) is 3.92. The zero-order valence-electron chi connectivity index (χ0n) is 9.22. The number of hydrogen-bond donors (Lipinski definition) is 1. The van der Waals surface area contributed by atoms with E-state index in [9.17, 15) is 0 Å². The first kappa shape index (κ1) is 9.53. The van der Waals surface area contributed by atoms with E-state index in [1.165, 1.54) is 0 Å². The summed E-state index contributed by atoms with van der Waals surface area (Å²) in [7, 11) is 1.90. The van der Waals surface area contributed by atoms with Gasteiger partial charge < -0.3 is 10.2 Å². The van der Waals surface area contributed by atoms with E-state index in [0.29, 0.717) is 0 Å². The highest BCUT2D eigenvalue weighted by Gasteiger charge is 2.13. The van der Waals surface area contributed by atoms with Crippen molar-refractivity contribution in [3.8, 4) is 0 Å². The highest BCUT2D eigenvalue weighted by atomic mass is 15.3. The predicted molar refractivity (Wildman–Crippen MR) is 61.4 cm³/mol. The number of hydrogen-bond acceptors (Lipinski definition) is 5. The minimum absolute atomic E-state index is 0.807. The number of nitrogens with zero attached hydrogens (tertiary/aromatic N) is 5. The first-order chi connectivity index (χ1) is 7.84. The second kappa shape index (κ2) is 3.71. The lowest BCUT2D eigenvalue weighted by molar-refractivity contribution is 0.580. The molecule has 0 aromatic carbocycles. The molecule has 6 heteroatoms. The summed E-state index contributed by atoms with van der Waals surface area (Å²) in [5.41, 5.74) is 1.88. The number of nitrogens with one attached hydrogen (secondary N) is 1. The van der Waals surface area contributed by atoms with Crippen molar-refractivity contribution < 1.29 is 0 Å². The first-order valence-electron chi connectivity index (χ1n) is 5.45. The van der Waals surface area contributed by atoms with Crippen LogP contribution in [0.25, 0.3) is 11.0 Å². The van der Waals surface area contributed by atoms with Gasteiger partial charge in [0.15, 0.2) is 0 Å². The average Bonchev–Trinajstić information content (AvgIpc) is 2.72. The maximum absolute atomic E-state index is 4.52. The molecule has 84 valence electrons. The van der Waals surface area contributed by atoms with Crippen molar-refractivity contribution >= 4 is 17.0 Å². The van der Waals surface area contributed by atoms with Gasteiger partial charge in [0.05, 0.1) is 12.4 Å². The van der Waals surface area contributed by atoms with Gasteiger partial charge >= 0.3 is 0 Å². The van der Waals surface area contributed by atoms with E-state index < -0.39 is 0 Å². The first-order valence-corrected chi connectivity index (χ1v) is 5.45. The summed E-state index contributed by atoms with van der Waals surface area (Å²) in [6.07, 6.45) is 3.62. The summed E-state index contributed by atoms with van der Waals surface area (Å²) in [4.78, 5) is 11.1. The van der Waals surface area contributed by atoms with E-state index in [2.05, 4.69) is 25.3 Å². The standard InChI is InChI=1S/C10H14N6/c1-15-9-7-12-10(14-8(9)6-13-15)16-4-2-11-3-5-16/h6-7,11H,2-5H2,1H3. The summed E-state index contributed by atoms with van der Waals surface area (Å²) in [6, 6.07) is 0. The Morgan fingerprint density at radius 2 is 2.06 bits per heavy atom. The van der Waals surface area contributed by atoms with Gasteiger partial charge in [-0.25, -0.2) is 9.97 Å². The van der Waals surface area contributed by atoms with Gasteiger partial charge in [-0.3, -0.25) is 4.68 Å². The molecule has 6 nitrogen and oxygen atoms in total. The Morgan fingerprint density at radius 3 is 2.88 bits per heavy atom. The summed E-state index contributed by atoms with van der Waals surface area (Å²) < 4.78 is 1.79. The Kier molecular flexibility index (Phi) is 2.21. The third-order valence-corrected chi connectivity index (χ3v) is 2.89. The van der Waals surface area contributed by atoms with E-state index in [0.717, 1.165) is 43.2 Å². The minimum Gasteiger partial charge on any atom is -0.338 e. The number of aromatic nitrogens is 4. The molecule has 0 saturated carbocycles. The van der Waals surface area contributed by atoms with Crippen LogP contribution in [0.4, 0.5) is 5.95 Å². The molecule has 16 heavy (non-hydrogen) atoms. The van der Waals surface area contributed by atoms with Crippen LogP contribution < -0.4 is 10.2 Å². The lowest BCUT2D eigenvalue weighted by atomic mass is 10.4. The fraction of sp³-hybridized carbons (Fsp3) is 0.500. The van der Waals surface area contributed by atoms with Crippen molar-refractivity contribution in [1.82, 2.24) is 25.1 Å². The smallest absolute Gasteiger partial charge is 0.226 e. The van der Waals surface area contributed by atoms with Crippen molar-refractivity contribution in [1.29, 1.82) is 0 Å². The molecule has 1 fully saturated rings. The normalized spacial score (nSPS) is 16.9. The molecule has 1 aliphatic heterocycles. The van der Waals surface area contributed by atoms with Crippen LogP contribution in [0.3, 0.4) is 0 Å². The maximum atomic E-state index is 4.52. The molecule has 2 aromatic heterocycles. The monoisotopic (exact) mass is 218 g/mol. The van der Waals surface area contributed by atoms with E-state index in [-0.39, 0.29) is 0 Å². The molecule has 0 radical (unpaired) electrons. The molecule has 0 aliphatic carbocycles. The SMILES string of the molecule is Cn1ncc2nc(N3CCNCC3)ncc21. The lowest BCUT2D eigenvalue weighted by Crippen LogP contribution is -2.44. The van der Waals surface area contributed by atoms with Gasteiger partial charge in [0.1, 0.15) is 11.0 Å². The van der Waals surface area contributed by atoms with Crippen LogP contribution in [0.1, 0.15) is 0 Å². The van der Waals surface area contributed by atoms with Crippen molar-refractivity contribution in [2.45, 2.75) is 0 Å². The Bertz CT molecular complexity index is 499.